The van der Waals surface area contributed by atoms with E-state index in [-0.39, 0.29) is 6.04 Å². The van der Waals surface area contributed by atoms with E-state index >= 15 is 0 Å². The van der Waals surface area contributed by atoms with Crippen LogP contribution in [0, 0.1) is 0 Å². The Bertz CT molecular complexity index is 735. The Morgan fingerprint density at radius 3 is 2.93 bits per heavy atom. The highest BCUT2D eigenvalue weighted by atomic mass is 16.5. The van der Waals surface area contributed by atoms with Crippen LogP contribution in [0.3, 0.4) is 0 Å². The molecule has 2 N–H and O–H groups in total. The second-order valence-corrected chi connectivity index (χ2v) is 6.10. The summed E-state index contributed by atoms with van der Waals surface area (Å²) < 4.78 is 0. The minimum Gasteiger partial charge on any atom is -0.288 e. The largest absolute Gasteiger partial charge is 0.288 e. The Balaban J connectivity index is 2.63. The maximum absolute atomic E-state index is 11.1. The number of rotatable bonds is 10. The zero-order chi connectivity index (χ0) is 20.1. The lowest BCUT2D eigenvalue weighted by atomic mass is 10.1. The molecule has 0 fully saturated rings. The van der Waals surface area contributed by atoms with E-state index in [1.54, 1.807) is 22.6 Å². The third-order valence-electron chi connectivity index (χ3n) is 3.78. The van der Waals surface area contributed by atoms with Crippen molar-refractivity contribution in [2.75, 3.05) is 7.05 Å². The van der Waals surface area contributed by atoms with Crippen LogP contribution >= 0.6 is 0 Å². The first-order valence-electron chi connectivity index (χ1n) is 8.73. The number of allylic oxidation sites excluding steroid dienone is 4. The van der Waals surface area contributed by atoms with Gasteiger partial charge in [0.2, 0.25) is 0 Å². The van der Waals surface area contributed by atoms with E-state index in [2.05, 4.69) is 23.0 Å². The molecule has 1 atom stereocenters. The van der Waals surface area contributed by atoms with Gasteiger partial charge in [-0.1, -0.05) is 59.9 Å². The quantitative estimate of drug-likeness (QED) is 0.160. The standard InChI is InChI=1S/C21H28N4O2/c1-5-6-7-8-10-17(2)18(3)22-24-25(4)16-20-12-9-11-19(15-20)13-14-21(26)23-27/h5-7,9-15,18,27H,1,8,16H2,2-4H3,(H,23,26)/b7-6?,14-13+,17-10+,24-22?. The SMILES string of the molecule is C=CC=CC/C=C(\C)C(C)N=NN(C)Cc1cccc(/C=C/C(=O)NO)c1. The molecule has 0 saturated heterocycles. The van der Waals surface area contributed by atoms with Gasteiger partial charge in [0.25, 0.3) is 5.91 Å². The minimum atomic E-state index is -0.566. The lowest BCUT2D eigenvalue weighted by molar-refractivity contribution is -0.124. The van der Waals surface area contributed by atoms with Gasteiger partial charge in [-0.2, -0.15) is 5.11 Å². The van der Waals surface area contributed by atoms with Crippen molar-refractivity contribution in [3.8, 4) is 0 Å². The van der Waals surface area contributed by atoms with Gasteiger partial charge >= 0.3 is 0 Å². The average Bonchev–Trinajstić information content (AvgIpc) is 2.67. The van der Waals surface area contributed by atoms with E-state index in [9.17, 15) is 4.79 Å². The second kappa shape index (κ2) is 12.4. The molecule has 0 spiro atoms. The molecule has 0 aliphatic rings. The van der Waals surface area contributed by atoms with Gasteiger partial charge in [-0.25, -0.2) is 5.48 Å². The molecule has 1 unspecified atom stereocenters. The number of hydroxylamine groups is 1. The molecule has 0 aromatic heterocycles. The van der Waals surface area contributed by atoms with Gasteiger partial charge in [0.15, 0.2) is 0 Å². The van der Waals surface area contributed by atoms with E-state index in [4.69, 9.17) is 5.21 Å². The van der Waals surface area contributed by atoms with Gasteiger partial charge in [-0.3, -0.25) is 15.0 Å². The number of benzene rings is 1. The van der Waals surface area contributed by atoms with Crippen molar-refractivity contribution in [3.63, 3.8) is 0 Å². The molecular formula is C21H28N4O2. The van der Waals surface area contributed by atoms with E-state index in [1.807, 2.05) is 57.3 Å². The molecule has 0 aliphatic carbocycles. The first-order chi connectivity index (χ1) is 13.0. The number of hydrogen-bond acceptors (Lipinski definition) is 4. The summed E-state index contributed by atoms with van der Waals surface area (Å²) in [5.41, 5.74) is 4.63. The molecule has 0 heterocycles. The number of hydrogen-bond donors (Lipinski definition) is 2. The normalized spacial score (nSPS) is 13.4. The van der Waals surface area contributed by atoms with Gasteiger partial charge in [0.05, 0.1) is 12.6 Å². The van der Waals surface area contributed by atoms with Crippen LogP contribution in [0.5, 0.6) is 0 Å². The first kappa shape index (κ1) is 22.1. The topological polar surface area (TPSA) is 77.3 Å². The molecule has 1 aromatic rings. The molecule has 0 bridgehead atoms. The van der Waals surface area contributed by atoms with Crippen LogP contribution in [0.2, 0.25) is 0 Å². The average molecular weight is 368 g/mol. The highest BCUT2D eigenvalue weighted by Gasteiger charge is 2.03. The van der Waals surface area contributed by atoms with E-state index in [0.29, 0.717) is 6.54 Å². The third kappa shape index (κ3) is 9.32. The molecule has 27 heavy (non-hydrogen) atoms. The van der Waals surface area contributed by atoms with Crippen molar-refractivity contribution in [2.24, 2.45) is 10.3 Å². The van der Waals surface area contributed by atoms with Crippen LogP contribution < -0.4 is 5.48 Å². The molecule has 1 rings (SSSR count). The number of carbonyl (C=O) groups excluding carboxylic acids is 1. The van der Waals surface area contributed by atoms with Crippen molar-refractivity contribution < 1.29 is 10.0 Å². The smallest absolute Gasteiger partial charge is 0.267 e. The zero-order valence-corrected chi connectivity index (χ0v) is 16.2. The summed E-state index contributed by atoms with van der Waals surface area (Å²) in [5.74, 6) is -0.566. The molecule has 0 radical (unpaired) electrons. The Labute approximate surface area is 161 Å². The Kier molecular flexibility index (Phi) is 10.1. The number of nitrogens with zero attached hydrogens (tertiary/aromatic N) is 3. The molecule has 6 heteroatoms. The van der Waals surface area contributed by atoms with Gasteiger partial charge in [-0.05, 0) is 43.5 Å². The lowest BCUT2D eigenvalue weighted by Gasteiger charge is -2.13. The first-order valence-corrected chi connectivity index (χ1v) is 8.73. The van der Waals surface area contributed by atoms with E-state index in [0.717, 1.165) is 23.1 Å². The van der Waals surface area contributed by atoms with Crippen molar-refractivity contribution in [2.45, 2.75) is 32.9 Å². The van der Waals surface area contributed by atoms with Crippen molar-refractivity contribution >= 4 is 12.0 Å². The third-order valence-corrected chi connectivity index (χ3v) is 3.78. The molecule has 0 saturated carbocycles. The number of nitrogens with one attached hydrogen (secondary N) is 1. The van der Waals surface area contributed by atoms with Crippen LogP contribution in [0.15, 0.2) is 77.1 Å². The minimum absolute atomic E-state index is 0.0100. The maximum atomic E-state index is 11.1. The maximum Gasteiger partial charge on any atom is 0.267 e. The molecule has 0 aliphatic heterocycles. The Hall–Kier alpha value is -2.99. The fraction of sp³-hybridized carbons (Fsp3) is 0.286. The zero-order valence-electron chi connectivity index (χ0n) is 16.2. The van der Waals surface area contributed by atoms with Crippen molar-refractivity contribution in [1.82, 2.24) is 10.5 Å². The summed E-state index contributed by atoms with van der Waals surface area (Å²) in [4.78, 5) is 11.1. The van der Waals surface area contributed by atoms with Crippen LogP contribution in [0.1, 0.15) is 31.4 Å². The van der Waals surface area contributed by atoms with Crippen LogP contribution in [-0.2, 0) is 11.3 Å². The van der Waals surface area contributed by atoms with Gasteiger partial charge in [0, 0.05) is 13.1 Å². The predicted molar refractivity (Wildman–Crippen MR) is 109 cm³/mol. The highest BCUT2D eigenvalue weighted by molar-refractivity contribution is 5.90. The lowest BCUT2D eigenvalue weighted by Crippen LogP contribution is -2.14. The summed E-state index contributed by atoms with van der Waals surface area (Å²) in [6.07, 6.45) is 11.6. The molecule has 144 valence electrons. The van der Waals surface area contributed by atoms with E-state index < -0.39 is 5.91 Å². The van der Waals surface area contributed by atoms with Crippen LogP contribution in [-0.4, -0.2) is 29.2 Å². The van der Waals surface area contributed by atoms with Gasteiger partial charge in [0.1, 0.15) is 0 Å². The monoisotopic (exact) mass is 368 g/mol. The molecular weight excluding hydrogens is 340 g/mol. The number of amides is 1. The van der Waals surface area contributed by atoms with Crippen LogP contribution in [0.25, 0.3) is 6.08 Å². The van der Waals surface area contributed by atoms with E-state index in [1.165, 1.54) is 6.08 Å². The fourth-order valence-electron chi connectivity index (χ4n) is 2.16. The number of carbonyl (C=O) groups is 1. The Morgan fingerprint density at radius 2 is 2.22 bits per heavy atom. The van der Waals surface area contributed by atoms with Crippen molar-refractivity contribution in [1.29, 1.82) is 0 Å². The molecule has 6 nitrogen and oxygen atoms in total. The highest BCUT2D eigenvalue weighted by Crippen LogP contribution is 2.11. The predicted octanol–water partition coefficient (Wildman–Crippen LogP) is 4.47. The summed E-state index contributed by atoms with van der Waals surface area (Å²) in [7, 11) is 1.86. The van der Waals surface area contributed by atoms with Crippen LogP contribution in [0.4, 0.5) is 0 Å². The van der Waals surface area contributed by atoms with Gasteiger partial charge in [-0.15, -0.1) is 0 Å². The molecule has 1 amide bonds. The summed E-state index contributed by atoms with van der Waals surface area (Å²) >= 11 is 0. The summed E-state index contributed by atoms with van der Waals surface area (Å²) in [6, 6.07) is 7.73. The second-order valence-electron chi connectivity index (χ2n) is 6.10. The van der Waals surface area contributed by atoms with Crippen molar-refractivity contribution in [3.05, 3.63) is 77.9 Å². The molecule has 1 aromatic carbocycles. The summed E-state index contributed by atoms with van der Waals surface area (Å²) in [5, 5.41) is 18.9. The fourth-order valence-corrected chi connectivity index (χ4v) is 2.16. The van der Waals surface area contributed by atoms with Gasteiger partial charge < -0.3 is 0 Å². The summed E-state index contributed by atoms with van der Waals surface area (Å²) in [6.45, 7) is 8.29. The Morgan fingerprint density at radius 1 is 1.44 bits per heavy atom.